The average molecular weight is 325 g/mol. The Morgan fingerprint density at radius 2 is 1.94 bits per heavy atom. The van der Waals surface area contributed by atoms with Crippen molar-refractivity contribution in [2.24, 2.45) is 0 Å². The van der Waals surface area contributed by atoms with E-state index in [4.69, 9.17) is 11.6 Å². The van der Waals surface area contributed by atoms with Gasteiger partial charge in [0.05, 0.1) is 0 Å². The monoisotopic (exact) mass is 323 g/mol. The molecule has 0 radical (unpaired) electrons. The van der Waals surface area contributed by atoms with Gasteiger partial charge in [-0.1, -0.05) is 45.7 Å². The molecule has 18 heavy (non-hydrogen) atoms. The summed E-state index contributed by atoms with van der Waals surface area (Å²) < 4.78 is 0.999. The van der Waals surface area contributed by atoms with Crippen molar-refractivity contribution < 1.29 is 0 Å². The molecule has 1 atom stereocenters. The van der Waals surface area contributed by atoms with Crippen molar-refractivity contribution in [2.75, 3.05) is 5.32 Å². The van der Waals surface area contributed by atoms with Gasteiger partial charge in [0.15, 0.2) is 0 Å². The van der Waals surface area contributed by atoms with Crippen LogP contribution in [0.5, 0.6) is 0 Å². The van der Waals surface area contributed by atoms with Crippen LogP contribution in [0.3, 0.4) is 0 Å². The van der Waals surface area contributed by atoms with E-state index in [0.29, 0.717) is 0 Å². The summed E-state index contributed by atoms with van der Waals surface area (Å²) in [5.74, 6) is 0. The second-order valence-electron chi connectivity index (χ2n) is 4.40. The van der Waals surface area contributed by atoms with Crippen molar-refractivity contribution in [1.82, 2.24) is 0 Å². The van der Waals surface area contributed by atoms with Gasteiger partial charge in [0.1, 0.15) is 0 Å². The lowest BCUT2D eigenvalue weighted by Crippen LogP contribution is -2.07. The molecule has 94 valence electrons. The summed E-state index contributed by atoms with van der Waals surface area (Å²) in [4.78, 5) is 0. The number of anilines is 1. The SMILES string of the molecule is Cc1cccc(NC(C)c2ccc(Br)cc2Cl)c1. The fourth-order valence-electron chi connectivity index (χ4n) is 1.92. The first-order valence-electron chi connectivity index (χ1n) is 5.84. The lowest BCUT2D eigenvalue weighted by atomic mass is 10.1. The predicted molar refractivity (Wildman–Crippen MR) is 82.4 cm³/mol. The molecule has 0 spiro atoms. The summed E-state index contributed by atoms with van der Waals surface area (Å²) in [6, 6.07) is 14.5. The Bertz CT molecular complexity index is 554. The van der Waals surface area contributed by atoms with Crippen molar-refractivity contribution >= 4 is 33.2 Å². The van der Waals surface area contributed by atoms with Crippen LogP contribution >= 0.6 is 27.5 Å². The van der Waals surface area contributed by atoms with E-state index in [2.05, 4.69) is 53.3 Å². The maximum atomic E-state index is 6.25. The summed E-state index contributed by atoms with van der Waals surface area (Å²) in [6.45, 7) is 4.19. The Kier molecular flexibility index (Phi) is 4.31. The molecule has 0 saturated carbocycles. The first-order chi connectivity index (χ1) is 8.56. The largest absolute Gasteiger partial charge is 0.378 e. The number of hydrogen-bond acceptors (Lipinski definition) is 1. The van der Waals surface area contributed by atoms with Gasteiger partial charge in [-0.05, 0) is 49.2 Å². The quantitative estimate of drug-likeness (QED) is 0.776. The van der Waals surface area contributed by atoms with Crippen LogP contribution in [0.4, 0.5) is 5.69 Å². The fourth-order valence-corrected chi connectivity index (χ4v) is 2.75. The minimum absolute atomic E-state index is 0.174. The lowest BCUT2D eigenvalue weighted by molar-refractivity contribution is 0.884. The van der Waals surface area contributed by atoms with Crippen LogP contribution in [0, 0.1) is 6.92 Å². The van der Waals surface area contributed by atoms with Gasteiger partial charge in [-0.15, -0.1) is 0 Å². The Morgan fingerprint density at radius 1 is 1.17 bits per heavy atom. The second-order valence-corrected chi connectivity index (χ2v) is 5.72. The zero-order valence-electron chi connectivity index (χ0n) is 10.4. The Hall–Kier alpha value is -0.990. The van der Waals surface area contributed by atoms with Gasteiger partial charge < -0.3 is 5.32 Å². The Labute approximate surface area is 121 Å². The van der Waals surface area contributed by atoms with Gasteiger partial charge in [0.25, 0.3) is 0 Å². The predicted octanol–water partition coefficient (Wildman–Crippen LogP) is 5.58. The number of hydrogen-bond donors (Lipinski definition) is 1. The van der Waals surface area contributed by atoms with E-state index in [-0.39, 0.29) is 6.04 Å². The minimum Gasteiger partial charge on any atom is -0.378 e. The first kappa shape index (κ1) is 13.4. The normalized spacial score (nSPS) is 12.2. The van der Waals surface area contributed by atoms with Gasteiger partial charge in [-0.3, -0.25) is 0 Å². The molecule has 2 aromatic carbocycles. The fraction of sp³-hybridized carbons (Fsp3) is 0.200. The molecular formula is C15H15BrClN. The number of rotatable bonds is 3. The molecule has 0 amide bonds. The van der Waals surface area contributed by atoms with Gasteiger partial charge in [-0.25, -0.2) is 0 Å². The molecule has 0 aromatic heterocycles. The van der Waals surface area contributed by atoms with Crippen LogP contribution in [0.2, 0.25) is 5.02 Å². The Balaban J connectivity index is 2.19. The van der Waals surface area contributed by atoms with E-state index in [0.717, 1.165) is 20.7 Å². The zero-order valence-corrected chi connectivity index (χ0v) is 12.7. The van der Waals surface area contributed by atoms with Crippen molar-refractivity contribution in [1.29, 1.82) is 0 Å². The van der Waals surface area contributed by atoms with Gasteiger partial charge in [-0.2, -0.15) is 0 Å². The molecule has 0 aliphatic heterocycles. The summed E-state index contributed by atoms with van der Waals surface area (Å²) in [6.07, 6.45) is 0. The van der Waals surface area contributed by atoms with Crippen LogP contribution in [-0.4, -0.2) is 0 Å². The average Bonchev–Trinajstić information content (AvgIpc) is 2.28. The van der Waals surface area contributed by atoms with E-state index in [1.807, 2.05) is 24.3 Å². The molecule has 3 heteroatoms. The molecule has 0 aliphatic rings. The molecule has 2 rings (SSSR count). The van der Waals surface area contributed by atoms with E-state index in [1.165, 1.54) is 5.56 Å². The van der Waals surface area contributed by atoms with E-state index < -0.39 is 0 Å². The highest BCUT2D eigenvalue weighted by Crippen LogP contribution is 2.28. The molecule has 2 aromatic rings. The van der Waals surface area contributed by atoms with Crippen molar-refractivity contribution in [3.05, 3.63) is 63.1 Å². The highest BCUT2D eigenvalue weighted by atomic mass is 79.9. The summed E-state index contributed by atoms with van der Waals surface area (Å²) in [5.41, 5.74) is 3.46. The number of halogens is 2. The molecule has 1 unspecified atom stereocenters. The zero-order chi connectivity index (χ0) is 13.1. The molecule has 1 nitrogen and oxygen atoms in total. The lowest BCUT2D eigenvalue weighted by Gasteiger charge is -2.17. The number of nitrogens with one attached hydrogen (secondary N) is 1. The van der Waals surface area contributed by atoms with E-state index in [9.17, 15) is 0 Å². The van der Waals surface area contributed by atoms with Crippen LogP contribution < -0.4 is 5.32 Å². The van der Waals surface area contributed by atoms with E-state index in [1.54, 1.807) is 0 Å². The Morgan fingerprint density at radius 3 is 2.61 bits per heavy atom. The summed E-state index contributed by atoms with van der Waals surface area (Å²) >= 11 is 9.67. The van der Waals surface area contributed by atoms with Crippen molar-refractivity contribution in [3.63, 3.8) is 0 Å². The molecule has 0 bridgehead atoms. The second kappa shape index (κ2) is 5.77. The third-order valence-corrected chi connectivity index (χ3v) is 3.65. The van der Waals surface area contributed by atoms with Crippen LogP contribution in [0.1, 0.15) is 24.1 Å². The molecule has 0 saturated heterocycles. The van der Waals surface area contributed by atoms with Crippen LogP contribution in [0.25, 0.3) is 0 Å². The first-order valence-corrected chi connectivity index (χ1v) is 7.01. The molecule has 0 heterocycles. The summed E-state index contributed by atoms with van der Waals surface area (Å²) in [5, 5.41) is 4.23. The van der Waals surface area contributed by atoms with Gasteiger partial charge in [0, 0.05) is 21.2 Å². The highest BCUT2D eigenvalue weighted by molar-refractivity contribution is 9.10. The molecular weight excluding hydrogens is 310 g/mol. The highest BCUT2D eigenvalue weighted by Gasteiger charge is 2.09. The number of aryl methyl sites for hydroxylation is 1. The van der Waals surface area contributed by atoms with Crippen LogP contribution in [-0.2, 0) is 0 Å². The van der Waals surface area contributed by atoms with E-state index >= 15 is 0 Å². The summed E-state index contributed by atoms with van der Waals surface area (Å²) in [7, 11) is 0. The molecule has 1 N–H and O–H groups in total. The van der Waals surface area contributed by atoms with Crippen molar-refractivity contribution in [2.45, 2.75) is 19.9 Å². The minimum atomic E-state index is 0.174. The maximum Gasteiger partial charge on any atom is 0.0500 e. The molecule has 0 fully saturated rings. The smallest absolute Gasteiger partial charge is 0.0500 e. The third kappa shape index (κ3) is 3.27. The third-order valence-electron chi connectivity index (χ3n) is 2.83. The standard InChI is InChI=1S/C15H15BrClN/c1-10-4-3-5-13(8-10)18-11(2)14-7-6-12(16)9-15(14)17/h3-9,11,18H,1-2H3. The van der Waals surface area contributed by atoms with Crippen LogP contribution in [0.15, 0.2) is 46.9 Å². The maximum absolute atomic E-state index is 6.25. The topological polar surface area (TPSA) is 12.0 Å². The van der Waals surface area contributed by atoms with Gasteiger partial charge >= 0.3 is 0 Å². The number of benzene rings is 2. The van der Waals surface area contributed by atoms with Crippen molar-refractivity contribution in [3.8, 4) is 0 Å². The molecule has 0 aliphatic carbocycles. The van der Waals surface area contributed by atoms with Gasteiger partial charge in [0.2, 0.25) is 0 Å².